The summed E-state index contributed by atoms with van der Waals surface area (Å²) >= 11 is 0. The zero-order valence-corrected chi connectivity index (χ0v) is 17.2. The normalized spacial score (nSPS) is 14.5. The van der Waals surface area contributed by atoms with Crippen molar-refractivity contribution in [2.24, 2.45) is 5.92 Å². The van der Waals surface area contributed by atoms with Crippen molar-refractivity contribution in [3.05, 3.63) is 89.9 Å². The van der Waals surface area contributed by atoms with Crippen LogP contribution in [0, 0.1) is 12.8 Å². The third-order valence-electron chi connectivity index (χ3n) is 5.69. The fourth-order valence-corrected chi connectivity index (χ4v) is 3.91. The van der Waals surface area contributed by atoms with Gasteiger partial charge < -0.3 is 14.2 Å². The SMILES string of the molecule is Cc1ccc(N(Cc2ccccc2)C(=O)C2CCN(C(=O)c3ccoc3)CC2)cc1. The molecule has 0 unspecified atom stereocenters. The summed E-state index contributed by atoms with van der Waals surface area (Å²) in [5.41, 5.74) is 3.73. The molecule has 1 aromatic heterocycles. The van der Waals surface area contributed by atoms with E-state index >= 15 is 0 Å². The molecule has 1 fully saturated rings. The fraction of sp³-hybridized carbons (Fsp3) is 0.280. The van der Waals surface area contributed by atoms with Crippen LogP contribution in [0.4, 0.5) is 5.69 Å². The molecule has 1 aliphatic rings. The summed E-state index contributed by atoms with van der Waals surface area (Å²) in [6.07, 6.45) is 4.31. The number of benzene rings is 2. The zero-order chi connectivity index (χ0) is 20.9. The monoisotopic (exact) mass is 402 g/mol. The van der Waals surface area contributed by atoms with Crippen LogP contribution >= 0.6 is 0 Å². The second kappa shape index (κ2) is 8.99. The summed E-state index contributed by atoms with van der Waals surface area (Å²) in [6, 6.07) is 19.8. The molecule has 0 N–H and O–H groups in total. The van der Waals surface area contributed by atoms with E-state index in [1.807, 2.05) is 71.3 Å². The predicted molar refractivity (Wildman–Crippen MR) is 116 cm³/mol. The molecular weight excluding hydrogens is 376 g/mol. The third kappa shape index (κ3) is 4.46. The van der Waals surface area contributed by atoms with Crippen LogP contribution in [0.1, 0.15) is 34.3 Å². The summed E-state index contributed by atoms with van der Waals surface area (Å²) in [5, 5.41) is 0. The van der Waals surface area contributed by atoms with Gasteiger partial charge in [-0.25, -0.2) is 0 Å². The summed E-state index contributed by atoms with van der Waals surface area (Å²) in [4.78, 5) is 29.7. The molecule has 2 amide bonds. The molecule has 4 rings (SSSR count). The third-order valence-corrected chi connectivity index (χ3v) is 5.69. The maximum atomic E-state index is 13.5. The number of nitrogens with zero attached hydrogens (tertiary/aromatic N) is 2. The van der Waals surface area contributed by atoms with Gasteiger partial charge in [-0.05, 0) is 43.5 Å². The molecule has 2 aromatic carbocycles. The van der Waals surface area contributed by atoms with Crippen molar-refractivity contribution < 1.29 is 14.0 Å². The molecule has 154 valence electrons. The number of amides is 2. The van der Waals surface area contributed by atoms with Crippen LogP contribution in [0.5, 0.6) is 0 Å². The lowest BCUT2D eigenvalue weighted by Crippen LogP contribution is -2.44. The number of hydrogen-bond donors (Lipinski definition) is 0. The molecule has 5 heteroatoms. The molecule has 0 radical (unpaired) electrons. The molecule has 1 saturated heterocycles. The second-order valence-corrected chi connectivity index (χ2v) is 7.82. The van der Waals surface area contributed by atoms with Gasteiger partial charge in [-0.2, -0.15) is 0 Å². The number of furan rings is 1. The Hall–Kier alpha value is -3.34. The first-order chi connectivity index (χ1) is 14.6. The number of carbonyl (C=O) groups excluding carboxylic acids is 2. The van der Waals surface area contributed by atoms with E-state index in [-0.39, 0.29) is 17.7 Å². The highest BCUT2D eigenvalue weighted by Crippen LogP contribution is 2.26. The highest BCUT2D eigenvalue weighted by atomic mass is 16.3. The molecule has 5 nitrogen and oxygen atoms in total. The molecule has 2 heterocycles. The molecule has 30 heavy (non-hydrogen) atoms. The van der Waals surface area contributed by atoms with Crippen molar-refractivity contribution >= 4 is 17.5 Å². The van der Waals surface area contributed by atoms with Crippen molar-refractivity contribution in [2.75, 3.05) is 18.0 Å². The van der Waals surface area contributed by atoms with E-state index < -0.39 is 0 Å². The Morgan fingerprint density at radius 3 is 2.33 bits per heavy atom. The molecule has 0 bridgehead atoms. The van der Waals surface area contributed by atoms with Gasteiger partial charge in [-0.3, -0.25) is 9.59 Å². The molecule has 0 spiro atoms. The summed E-state index contributed by atoms with van der Waals surface area (Å²) in [6.45, 7) is 3.73. The van der Waals surface area contributed by atoms with Gasteiger partial charge in [-0.1, -0.05) is 48.0 Å². The lowest BCUT2D eigenvalue weighted by atomic mass is 9.94. The lowest BCUT2D eigenvalue weighted by Gasteiger charge is -2.34. The zero-order valence-electron chi connectivity index (χ0n) is 17.2. The van der Waals surface area contributed by atoms with Gasteiger partial charge in [0, 0.05) is 24.7 Å². The van der Waals surface area contributed by atoms with E-state index in [0.29, 0.717) is 38.0 Å². The Morgan fingerprint density at radius 2 is 1.70 bits per heavy atom. The minimum absolute atomic E-state index is 0.0330. The molecule has 3 aromatic rings. The average Bonchev–Trinajstić information content (AvgIpc) is 3.33. The lowest BCUT2D eigenvalue weighted by molar-refractivity contribution is -0.123. The Labute approximate surface area is 176 Å². The summed E-state index contributed by atoms with van der Waals surface area (Å²) in [5.74, 6) is -0.00384. The van der Waals surface area contributed by atoms with E-state index in [1.54, 1.807) is 6.07 Å². The molecule has 0 saturated carbocycles. The molecular formula is C25H26N2O3. The number of rotatable bonds is 5. The van der Waals surface area contributed by atoms with Gasteiger partial charge in [0.05, 0.1) is 18.4 Å². The van der Waals surface area contributed by atoms with E-state index in [9.17, 15) is 9.59 Å². The van der Waals surface area contributed by atoms with Gasteiger partial charge in [-0.15, -0.1) is 0 Å². The average molecular weight is 402 g/mol. The second-order valence-electron chi connectivity index (χ2n) is 7.82. The van der Waals surface area contributed by atoms with Gasteiger partial charge in [0.25, 0.3) is 5.91 Å². The van der Waals surface area contributed by atoms with Crippen molar-refractivity contribution in [1.29, 1.82) is 0 Å². The predicted octanol–water partition coefficient (Wildman–Crippen LogP) is 4.67. The van der Waals surface area contributed by atoms with Crippen LogP contribution in [0.3, 0.4) is 0 Å². The van der Waals surface area contributed by atoms with Crippen LogP contribution in [0.2, 0.25) is 0 Å². The quantitative estimate of drug-likeness (QED) is 0.623. The van der Waals surface area contributed by atoms with Crippen LogP contribution in [0.25, 0.3) is 0 Å². The van der Waals surface area contributed by atoms with Crippen molar-refractivity contribution in [2.45, 2.75) is 26.3 Å². The Morgan fingerprint density at radius 1 is 1.00 bits per heavy atom. The van der Waals surface area contributed by atoms with Gasteiger partial charge in [0.2, 0.25) is 5.91 Å². The van der Waals surface area contributed by atoms with E-state index in [0.717, 1.165) is 16.8 Å². The van der Waals surface area contributed by atoms with Crippen molar-refractivity contribution in [3.63, 3.8) is 0 Å². The number of carbonyl (C=O) groups is 2. The minimum Gasteiger partial charge on any atom is -0.472 e. The van der Waals surface area contributed by atoms with Crippen LogP contribution < -0.4 is 4.90 Å². The highest BCUT2D eigenvalue weighted by Gasteiger charge is 2.31. The maximum absolute atomic E-state index is 13.5. The number of aryl methyl sites for hydroxylation is 1. The van der Waals surface area contributed by atoms with Crippen LogP contribution in [-0.4, -0.2) is 29.8 Å². The van der Waals surface area contributed by atoms with Gasteiger partial charge >= 0.3 is 0 Å². The van der Waals surface area contributed by atoms with E-state index in [2.05, 4.69) is 0 Å². The van der Waals surface area contributed by atoms with Crippen LogP contribution in [-0.2, 0) is 11.3 Å². The number of piperidine rings is 1. The first kappa shape index (κ1) is 20.0. The summed E-state index contributed by atoms with van der Waals surface area (Å²) < 4.78 is 5.02. The Kier molecular flexibility index (Phi) is 5.98. The first-order valence-corrected chi connectivity index (χ1v) is 10.4. The van der Waals surface area contributed by atoms with Gasteiger partial charge in [0.15, 0.2) is 0 Å². The van der Waals surface area contributed by atoms with E-state index in [4.69, 9.17) is 4.42 Å². The molecule has 1 aliphatic heterocycles. The molecule has 0 atom stereocenters. The number of likely N-dealkylation sites (tertiary alicyclic amines) is 1. The number of hydrogen-bond acceptors (Lipinski definition) is 3. The standard InChI is InChI=1S/C25H26N2O3/c1-19-7-9-23(10-8-19)27(17-20-5-3-2-4-6-20)25(29)21-11-14-26(15-12-21)24(28)22-13-16-30-18-22/h2-10,13,16,18,21H,11-12,14-15,17H2,1H3. The molecule has 0 aliphatic carbocycles. The smallest absolute Gasteiger partial charge is 0.257 e. The number of anilines is 1. The largest absolute Gasteiger partial charge is 0.472 e. The van der Waals surface area contributed by atoms with Gasteiger partial charge in [0.1, 0.15) is 6.26 Å². The summed E-state index contributed by atoms with van der Waals surface area (Å²) in [7, 11) is 0. The Bertz CT molecular complexity index is 973. The first-order valence-electron chi connectivity index (χ1n) is 10.4. The van der Waals surface area contributed by atoms with Crippen molar-refractivity contribution in [1.82, 2.24) is 4.90 Å². The van der Waals surface area contributed by atoms with E-state index in [1.165, 1.54) is 12.5 Å². The highest BCUT2D eigenvalue weighted by molar-refractivity contribution is 5.96. The topological polar surface area (TPSA) is 53.8 Å². The Balaban J connectivity index is 1.48. The fourth-order valence-electron chi connectivity index (χ4n) is 3.91. The van der Waals surface area contributed by atoms with Crippen LogP contribution in [0.15, 0.2) is 77.6 Å². The van der Waals surface area contributed by atoms with Crippen molar-refractivity contribution in [3.8, 4) is 0 Å². The minimum atomic E-state index is -0.0941. The maximum Gasteiger partial charge on any atom is 0.257 e.